The number of aryl methyl sites for hydroxylation is 1. The van der Waals surface area contributed by atoms with Crippen LogP contribution < -0.4 is 0 Å². The summed E-state index contributed by atoms with van der Waals surface area (Å²) in [5.41, 5.74) is 3.52. The van der Waals surface area contributed by atoms with Gasteiger partial charge in [-0.2, -0.15) is 10.4 Å². The van der Waals surface area contributed by atoms with Crippen LogP contribution in [0.3, 0.4) is 0 Å². The Morgan fingerprint density at radius 3 is 2.78 bits per heavy atom. The number of nitriles is 1. The van der Waals surface area contributed by atoms with Gasteiger partial charge < -0.3 is 4.90 Å². The van der Waals surface area contributed by atoms with Gasteiger partial charge in [-0.25, -0.2) is 14.1 Å². The van der Waals surface area contributed by atoms with Crippen molar-refractivity contribution >= 4 is 5.91 Å². The van der Waals surface area contributed by atoms with Gasteiger partial charge in [0.15, 0.2) is 0 Å². The molecule has 27 heavy (non-hydrogen) atoms. The fourth-order valence-electron chi connectivity index (χ4n) is 3.26. The maximum atomic E-state index is 14.2. The summed E-state index contributed by atoms with van der Waals surface area (Å²) in [5.74, 6) is 0.204. The van der Waals surface area contributed by atoms with Gasteiger partial charge in [0.05, 0.1) is 11.6 Å². The van der Waals surface area contributed by atoms with Crippen molar-refractivity contribution in [3.05, 3.63) is 71.1 Å². The van der Waals surface area contributed by atoms with Crippen molar-refractivity contribution in [1.82, 2.24) is 19.7 Å². The summed E-state index contributed by atoms with van der Waals surface area (Å²) >= 11 is 0. The Bertz CT molecular complexity index is 1080. The van der Waals surface area contributed by atoms with Gasteiger partial charge in [0.25, 0.3) is 0 Å². The van der Waals surface area contributed by atoms with E-state index in [-0.39, 0.29) is 18.3 Å². The Hall–Kier alpha value is -3.53. The Morgan fingerprint density at radius 1 is 1.22 bits per heavy atom. The van der Waals surface area contributed by atoms with Crippen LogP contribution in [0.4, 0.5) is 4.39 Å². The molecule has 0 saturated carbocycles. The molecule has 0 radical (unpaired) electrons. The van der Waals surface area contributed by atoms with Crippen LogP contribution in [0.2, 0.25) is 0 Å². The number of benzene rings is 2. The zero-order chi connectivity index (χ0) is 19.0. The molecule has 0 N–H and O–H groups in total. The number of nitrogens with zero attached hydrogens (tertiary/aromatic N) is 5. The molecule has 0 fully saturated rings. The molecule has 0 spiro atoms. The minimum atomic E-state index is -0.374. The number of hydrogen-bond acceptors (Lipinski definition) is 4. The standard InChI is InChI=1S/C20H16FN5O/c1-13-23-12-26(24-13)11-20(27)25-9-16-4-3-15(7-17(16)10-25)18-6-14(8-22)2-5-19(18)21/h2-7,12H,9-11H2,1H3. The summed E-state index contributed by atoms with van der Waals surface area (Å²) < 4.78 is 15.7. The number of amides is 1. The Balaban J connectivity index is 1.55. The van der Waals surface area contributed by atoms with E-state index in [1.54, 1.807) is 24.2 Å². The molecule has 2 heterocycles. The number of halogens is 1. The largest absolute Gasteiger partial charge is 0.332 e. The second-order valence-electron chi connectivity index (χ2n) is 6.53. The summed E-state index contributed by atoms with van der Waals surface area (Å²) in [6.45, 7) is 2.90. The Morgan fingerprint density at radius 2 is 2.04 bits per heavy atom. The van der Waals surface area contributed by atoms with Crippen LogP contribution in [0.15, 0.2) is 42.7 Å². The molecule has 1 amide bonds. The van der Waals surface area contributed by atoms with Gasteiger partial charge in [0, 0.05) is 18.7 Å². The summed E-state index contributed by atoms with van der Waals surface area (Å²) in [4.78, 5) is 18.3. The number of rotatable bonds is 3. The van der Waals surface area contributed by atoms with E-state index in [0.717, 1.165) is 11.1 Å². The average molecular weight is 361 g/mol. The molecule has 1 aliphatic heterocycles. The highest BCUT2D eigenvalue weighted by Crippen LogP contribution is 2.30. The minimum absolute atomic E-state index is 0.0460. The summed E-state index contributed by atoms with van der Waals surface area (Å²) in [7, 11) is 0. The molecule has 1 aliphatic rings. The lowest BCUT2D eigenvalue weighted by molar-refractivity contribution is -0.132. The van der Waals surface area contributed by atoms with E-state index in [9.17, 15) is 9.18 Å². The summed E-state index contributed by atoms with van der Waals surface area (Å²) in [6.07, 6.45) is 1.54. The lowest BCUT2D eigenvalue weighted by Crippen LogP contribution is -2.29. The molecule has 0 aliphatic carbocycles. The van der Waals surface area contributed by atoms with Crippen molar-refractivity contribution in [3.63, 3.8) is 0 Å². The van der Waals surface area contributed by atoms with E-state index >= 15 is 0 Å². The highest BCUT2D eigenvalue weighted by Gasteiger charge is 2.24. The third-order valence-electron chi connectivity index (χ3n) is 4.64. The second-order valence-corrected chi connectivity index (χ2v) is 6.53. The fourth-order valence-corrected chi connectivity index (χ4v) is 3.26. The molecule has 0 saturated heterocycles. The fraction of sp³-hybridized carbons (Fsp3) is 0.200. The maximum Gasteiger partial charge on any atom is 0.244 e. The molecule has 4 rings (SSSR count). The van der Waals surface area contributed by atoms with Crippen LogP contribution in [0.5, 0.6) is 0 Å². The zero-order valence-electron chi connectivity index (χ0n) is 14.7. The topological polar surface area (TPSA) is 74.8 Å². The van der Waals surface area contributed by atoms with E-state index in [1.165, 1.54) is 16.8 Å². The third-order valence-corrected chi connectivity index (χ3v) is 4.64. The van der Waals surface area contributed by atoms with Crippen molar-refractivity contribution in [3.8, 4) is 17.2 Å². The van der Waals surface area contributed by atoms with Crippen LogP contribution in [-0.2, 0) is 24.4 Å². The maximum absolute atomic E-state index is 14.2. The number of carbonyl (C=O) groups excluding carboxylic acids is 1. The highest BCUT2D eigenvalue weighted by molar-refractivity contribution is 5.77. The normalized spacial score (nSPS) is 12.7. The number of fused-ring (bicyclic) bond motifs is 1. The second kappa shape index (κ2) is 6.65. The smallest absolute Gasteiger partial charge is 0.244 e. The predicted octanol–water partition coefficient (Wildman–Crippen LogP) is 2.81. The van der Waals surface area contributed by atoms with Gasteiger partial charge >= 0.3 is 0 Å². The molecule has 7 heteroatoms. The highest BCUT2D eigenvalue weighted by atomic mass is 19.1. The van der Waals surface area contributed by atoms with Crippen molar-refractivity contribution in [2.45, 2.75) is 26.6 Å². The molecule has 3 aromatic rings. The van der Waals surface area contributed by atoms with Gasteiger partial charge in [-0.3, -0.25) is 4.79 Å². The first-order chi connectivity index (χ1) is 13.0. The number of carbonyl (C=O) groups is 1. The first kappa shape index (κ1) is 16.9. The zero-order valence-corrected chi connectivity index (χ0v) is 14.7. The molecule has 1 aromatic heterocycles. The van der Waals surface area contributed by atoms with Crippen LogP contribution in [0, 0.1) is 24.1 Å². The predicted molar refractivity (Wildman–Crippen MR) is 95.6 cm³/mol. The monoisotopic (exact) mass is 361 g/mol. The van der Waals surface area contributed by atoms with Crippen molar-refractivity contribution in [2.24, 2.45) is 0 Å². The van der Waals surface area contributed by atoms with Gasteiger partial charge in [0.2, 0.25) is 5.91 Å². The van der Waals surface area contributed by atoms with Crippen molar-refractivity contribution < 1.29 is 9.18 Å². The molecule has 6 nitrogen and oxygen atoms in total. The van der Waals surface area contributed by atoms with Crippen LogP contribution in [0.1, 0.15) is 22.5 Å². The van der Waals surface area contributed by atoms with Gasteiger partial charge in [-0.05, 0) is 47.9 Å². The summed E-state index contributed by atoms with van der Waals surface area (Å²) in [5, 5.41) is 13.2. The van der Waals surface area contributed by atoms with Crippen LogP contribution in [-0.4, -0.2) is 25.6 Å². The lowest BCUT2D eigenvalue weighted by atomic mass is 9.99. The molecule has 2 aromatic carbocycles. The molecule has 0 atom stereocenters. The van der Waals surface area contributed by atoms with Crippen molar-refractivity contribution in [1.29, 1.82) is 5.26 Å². The molecule has 134 valence electrons. The first-order valence-electron chi connectivity index (χ1n) is 8.49. The number of hydrogen-bond donors (Lipinski definition) is 0. The molecular formula is C20H16FN5O. The molecule has 0 bridgehead atoms. The van der Waals surface area contributed by atoms with Crippen LogP contribution >= 0.6 is 0 Å². The van der Waals surface area contributed by atoms with Gasteiger partial charge in [0.1, 0.15) is 24.5 Å². The van der Waals surface area contributed by atoms with Crippen LogP contribution in [0.25, 0.3) is 11.1 Å². The quantitative estimate of drug-likeness (QED) is 0.719. The van der Waals surface area contributed by atoms with Crippen molar-refractivity contribution in [2.75, 3.05) is 0 Å². The van der Waals surface area contributed by atoms with E-state index in [0.29, 0.717) is 35.6 Å². The van der Waals surface area contributed by atoms with E-state index < -0.39 is 0 Å². The molecule has 0 unspecified atom stereocenters. The SMILES string of the molecule is Cc1ncn(CC(=O)N2Cc3ccc(-c4cc(C#N)ccc4F)cc3C2)n1. The number of aromatic nitrogens is 3. The third kappa shape index (κ3) is 3.29. The van der Waals surface area contributed by atoms with Gasteiger partial charge in [-0.1, -0.05) is 12.1 Å². The van der Waals surface area contributed by atoms with E-state index in [4.69, 9.17) is 5.26 Å². The molecular weight excluding hydrogens is 345 g/mol. The minimum Gasteiger partial charge on any atom is -0.332 e. The van der Waals surface area contributed by atoms with E-state index in [1.807, 2.05) is 24.3 Å². The average Bonchev–Trinajstić information content (AvgIpc) is 3.27. The summed E-state index contributed by atoms with van der Waals surface area (Å²) in [6, 6.07) is 12.0. The lowest BCUT2D eigenvalue weighted by Gasteiger charge is -2.14. The van der Waals surface area contributed by atoms with E-state index in [2.05, 4.69) is 10.1 Å². The van der Waals surface area contributed by atoms with Gasteiger partial charge in [-0.15, -0.1) is 0 Å². The Kier molecular flexibility index (Phi) is 4.16. The Labute approximate surface area is 155 Å². The first-order valence-corrected chi connectivity index (χ1v) is 8.49.